The lowest BCUT2D eigenvalue weighted by Gasteiger charge is -2.20. The third kappa shape index (κ3) is 5.27. The summed E-state index contributed by atoms with van der Waals surface area (Å²) in [6.07, 6.45) is 3.39. The normalized spacial score (nSPS) is 10.5. The second-order valence-electron chi connectivity index (χ2n) is 7.55. The van der Waals surface area contributed by atoms with Crippen LogP contribution >= 0.6 is 0 Å². The fourth-order valence-electron chi connectivity index (χ4n) is 3.49. The summed E-state index contributed by atoms with van der Waals surface area (Å²) in [6.45, 7) is 3.61. The molecule has 1 heterocycles. The van der Waals surface area contributed by atoms with Crippen molar-refractivity contribution in [3.63, 3.8) is 0 Å². The lowest BCUT2D eigenvalue weighted by molar-refractivity contribution is -0.116. The fourth-order valence-corrected chi connectivity index (χ4v) is 3.49. The second kappa shape index (κ2) is 10.4. The largest absolute Gasteiger partial charge is 0.326 e. The molecule has 0 unspecified atom stereocenters. The predicted octanol–water partition coefficient (Wildman–Crippen LogP) is 4.95. The Labute approximate surface area is 197 Å². The molecule has 0 radical (unpaired) electrons. The maximum Gasteiger partial charge on any atom is 0.254 e. The molecule has 170 valence electrons. The number of nitrogens with one attached hydrogen (secondary N) is 1. The SMILES string of the molecule is C=CCN(CC(=O)Nc1nc(-c2ccccc2)cn1-c1ccccc1)C(=O)c1ccc(F)cc1. The number of rotatable bonds is 8. The van der Waals surface area contributed by atoms with Crippen molar-refractivity contribution in [1.29, 1.82) is 0 Å². The van der Waals surface area contributed by atoms with Gasteiger partial charge in [-0.3, -0.25) is 19.5 Å². The molecule has 0 saturated heterocycles. The van der Waals surface area contributed by atoms with Crippen molar-refractivity contribution >= 4 is 17.8 Å². The van der Waals surface area contributed by atoms with Gasteiger partial charge in [0.15, 0.2) is 0 Å². The van der Waals surface area contributed by atoms with E-state index in [4.69, 9.17) is 0 Å². The molecule has 1 aromatic heterocycles. The van der Waals surface area contributed by atoms with Gasteiger partial charge >= 0.3 is 0 Å². The summed E-state index contributed by atoms with van der Waals surface area (Å²) in [5.41, 5.74) is 2.73. The fraction of sp³-hybridized carbons (Fsp3) is 0.0741. The van der Waals surface area contributed by atoms with E-state index in [1.54, 1.807) is 4.57 Å². The Kier molecular flexibility index (Phi) is 6.93. The molecule has 0 atom stereocenters. The number of para-hydroxylation sites is 1. The molecule has 0 saturated carbocycles. The molecule has 4 aromatic rings. The van der Waals surface area contributed by atoms with E-state index < -0.39 is 17.6 Å². The van der Waals surface area contributed by atoms with Crippen molar-refractivity contribution in [3.05, 3.63) is 115 Å². The number of carbonyl (C=O) groups is 2. The van der Waals surface area contributed by atoms with Crippen LogP contribution in [0.3, 0.4) is 0 Å². The maximum atomic E-state index is 13.2. The van der Waals surface area contributed by atoms with Gasteiger partial charge < -0.3 is 4.90 Å². The van der Waals surface area contributed by atoms with Crippen LogP contribution in [0.25, 0.3) is 16.9 Å². The molecule has 0 aliphatic heterocycles. The van der Waals surface area contributed by atoms with Gasteiger partial charge in [0.2, 0.25) is 11.9 Å². The summed E-state index contributed by atoms with van der Waals surface area (Å²) < 4.78 is 15.0. The molecule has 2 amide bonds. The summed E-state index contributed by atoms with van der Waals surface area (Å²) in [7, 11) is 0. The first kappa shape index (κ1) is 22.7. The average Bonchev–Trinajstić information content (AvgIpc) is 3.28. The first-order chi connectivity index (χ1) is 16.5. The van der Waals surface area contributed by atoms with Crippen molar-refractivity contribution in [3.8, 4) is 16.9 Å². The highest BCUT2D eigenvalue weighted by molar-refractivity contribution is 5.99. The Morgan fingerprint density at radius 3 is 2.26 bits per heavy atom. The summed E-state index contributed by atoms with van der Waals surface area (Å²) in [4.78, 5) is 31.8. The summed E-state index contributed by atoms with van der Waals surface area (Å²) in [5.74, 6) is -0.916. The Balaban J connectivity index is 1.58. The topological polar surface area (TPSA) is 67.2 Å². The van der Waals surface area contributed by atoms with Gasteiger partial charge in [-0.05, 0) is 36.4 Å². The molecule has 0 aliphatic carbocycles. The minimum atomic E-state index is -0.438. The lowest BCUT2D eigenvalue weighted by Crippen LogP contribution is -2.38. The number of hydrogen-bond donors (Lipinski definition) is 1. The van der Waals surface area contributed by atoms with Gasteiger partial charge in [0.05, 0.1) is 5.69 Å². The number of amides is 2. The first-order valence-electron chi connectivity index (χ1n) is 10.7. The van der Waals surface area contributed by atoms with Crippen molar-refractivity contribution in [2.24, 2.45) is 0 Å². The Morgan fingerprint density at radius 2 is 1.62 bits per heavy atom. The highest BCUT2D eigenvalue weighted by Crippen LogP contribution is 2.24. The Hall–Kier alpha value is -4.52. The zero-order chi connectivity index (χ0) is 23.9. The minimum Gasteiger partial charge on any atom is -0.326 e. The zero-order valence-electron chi connectivity index (χ0n) is 18.4. The van der Waals surface area contributed by atoms with Crippen LogP contribution in [0.4, 0.5) is 10.3 Å². The van der Waals surface area contributed by atoms with Crippen LogP contribution in [-0.4, -0.2) is 39.4 Å². The highest BCUT2D eigenvalue weighted by atomic mass is 19.1. The number of halogens is 1. The smallest absolute Gasteiger partial charge is 0.254 e. The van der Waals surface area contributed by atoms with Crippen LogP contribution in [0, 0.1) is 5.82 Å². The molecule has 0 fully saturated rings. The third-order valence-electron chi connectivity index (χ3n) is 5.12. The highest BCUT2D eigenvalue weighted by Gasteiger charge is 2.20. The summed E-state index contributed by atoms with van der Waals surface area (Å²) >= 11 is 0. The van der Waals surface area contributed by atoms with Crippen molar-refractivity contribution in [1.82, 2.24) is 14.5 Å². The van der Waals surface area contributed by atoms with E-state index in [2.05, 4.69) is 16.9 Å². The Bertz CT molecular complexity index is 1290. The monoisotopic (exact) mass is 454 g/mol. The van der Waals surface area contributed by atoms with Gasteiger partial charge in [0.25, 0.3) is 5.91 Å². The van der Waals surface area contributed by atoms with E-state index >= 15 is 0 Å². The van der Waals surface area contributed by atoms with Crippen LogP contribution in [0.15, 0.2) is 104 Å². The number of nitrogens with zero attached hydrogens (tertiary/aromatic N) is 3. The van der Waals surface area contributed by atoms with E-state index in [1.807, 2.05) is 66.9 Å². The third-order valence-corrected chi connectivity index (χ3v) is 5.12. The number of benzene rings is 3. The number of aromatic nitrogens is 2. The van der Waals surface area contributed by atoms with Gasteiger partial charge in [-0.1, -0.05) is 54.6 Å². The number of carbonyl (C=O) groups excluding carboxylic acids is 2. The van der Waals surface area contributed by atoms with Gasteiger partial charge in [0.1, 0.15) is 12.4 Å². The predicted molar refractivity (Wildman–Crippen MR) is 130 cm³/mol. The van der Waals surface area contributed by atoms with Crippen LogP contribution in [0.5, 0.6) is 0 Å². The van der Waals surface area contributed by atoms with Crippen LogP contribution in [0.1, 0.15) is 10.4 Å². The van der Waals surface area contributed by atoms with E-state index in [0.717, 1.165) is 11.3 Å². The molecular weight excluding hydrogens is 431 g/mol. The molecule has 34 heavy (non-hydrogen) atoms. The molecular formula is C27H23FN4O2. The second-order valence-corrected chi connectivity index (χ2v) is 7.55. The average molecular weight is 455 g/mol. The molecule has 0 bridgehead atoms. The van der Waals surface area contributed by atoms with Crippen LogP contribution in [-0.2, 0) is 4.79 Å². The number of anilines is 1. The van der Waals surface area contributed by atoms with E-state index in [9.17, 15) is 14.0 Å². The van der Waals surface area contributed by atoms with Crippen LogP contribution in [0.2, 0.25) is 0 Å². The van der Waals surface area contributed by atoms with Gasteiger partial charge in [-0.15, -0.1) is 6.58 Å². The van der Waals surface area contributed by atoms with Gasteiger partial charge in [-0.2, -0.15) is 0 Å². The molecule has 6 nitrogen and oxygen atoms in total. The number of hydrogen-bond acceptors (Lipinski definition) is 3. The molecule has 0 spiro atoms. The molecule has 3 aromatic carbocycles. The van der Waals surface area contributed by atoms with Crippen molar-refractivity contribution in [2.75, 3.05) is 18.4 Å². The molecule has 1 N–H and O–H groups in total. The number of imidazole rings is 1. The van der Waals surface area contributed by atoms with Crippen LogP contribution < -0.4 is 5.32 Å². The summed E-state index contributed by atoms with van der Waals surface area (Å²) in [6, 6.07) is 24.4. The standard InChI is InChI=1S/C27H23FN4O2/c1-2-17-31(26(34)21-13-15-22(28)16-14-21)19-25(33)30-27-29-24(20-9-5-3-6-10-20)18-32(27)23-11-7-4-8-12-23/h2-16,18H,1,17,19H2,(H,29,30,33). The molecule has 0 aliphatic rings. The Morgan fingerprint density at radius 1 is 0.971 bits per heavy atom. The zero-order valence-corrected chi connectivity index (χ0v) is 18.4. The van der Waals surface area contributed by atoms with Crippen molar-refractivity contribution < 1.29 is 14.0 Å². The lowest BCUT2D eigenvalue weighted by atomic mass is 10.2. The van der Waals surface area contributed by atoms with E-state index in [-0.39, 0.29) is 18.7 Å². The maximum absolute atomic E-state index is 13.2. The van der Waals surface area contributed by atoms with Gasteiger partial charge in [-0.25, -0.2) is 9.37 Å². The van der Waals surface area contributed by atoms with E-state index in [1.165, 1.54) is 35.2 Å². The summed E-state index contributed by atoms with van der Waals surface area (Å²) in [5, 5.41) is 2.83. The quantitative estimate of drug-likeness (QED) is 0.383. The minimum absolute atomic E-state index is 0.159. The van der Waals surface area contributed by atoms with E-state index in [0.29, 0.717) is 11.6 Å². The first-order valence-corrected chi connectivity index (χ1v) is 10.7. The van der Waals surface area contributed by atoms with Gasteiger partial charge in [0, 0.05) is 29.6 Å². The van der Waals surface area contributed by atoms with Crippen molar-refractivity contribution in [2.45, 2.75) is 0 Å². The molecule has 4 rings (SSSR count). The molecule has 7 heteroatoms.